The zero-order valence-corrected chi connectivity index (χ0v) is 24.9. The molecule has 5 heteroatoms. The second kappa shape index (κ2) is 15.2. The molecule has 0 amide bonds. The average Bonchev–Trinajstić information content (AvgIpc) is 3.06. The van der Waals surface area contributed by atoms with Crippen LogP contribution in [-0.2, 0) is 9.59 Å². The normalized spacial score (nSPS) is 16.3. The maximum atomic E-state index is 12.9. The van der Waals surface area contributed by atoms with E-state index < -0.39 is 0 Å². The van der Waals surface area contributed by atoms with E-state index in [1.165, 1.54) is 19.3 Å². The second-order valence-electron chi connectivity index (χ2n) is 11.2. The van der Waals surface area contributed by atoms with E-state index in [2.05, 4.69) is 6.92 Å². The summed E-state index contributed by atoms with van der Waals surface area (Å²) in [5.41, 5.74) is 4.31. The molecule has 0 radical (unpaired) electrons. The molecule has 4 aromatic carbocycles. The summed E-state index contributed by atoms with van der Waals surface area (Å²) in [5, 5.41) is 0. The fourth-order valence-corrected chi connectivity index (χ4v) is 5.49. The molecule has 5 rings (SSSR count). The van der Waals surface area contributed by atoms with E-state index in [-0.39, 0.29) is 23.8 Å². The van der Waals surface area contributed by atoms with Crippen LogP contribution in [0.15, 0.2) is 103 Å². The second-order valence-corrected chi connectivity index (χ2v) is 11.2. The fourth-order valence-electron chi connectivity index (χ4n) is 5.49. The Bertz CT molecular complexity index is 1440. The van der Waals surface area contributed by atoms with Crippen LogP contribution in [0, 0.1) is 11.8 Å². The molecule has 0 atom stereocenters. The van der Waals surface area contributed by atoms with Gasteiger partial charge in [-0.25, -0.2) is 0 Å². The Balaban J connectivity index is 1.05. The van der Waals surface area contributed by atoms with Crippen LogP contribution in [0.1, 0.15) is 58.3 Å². The van der Waals surface area contributed by atoms with Gasteiger partial charge in [-0.05, 0) is 90.8 Å². The highest BCUT2D eigenvalue weighted by Gasteiger charge is 2.32. The van der Waals surface area contributed by atoms with Crippen molar-refractivity contribution in [1.29, 1.82) is 0 Å². The molecule has 1 aliphatic rings. The van der Waals surface area contributed by atoms with Crippen molar-refractivity contribution >= 4 is 11.9 Å². The Morgan fingerprint density at radius 2 is 0.953 bits per heavy atom. The van der Waals surface area contributed by atoms with Crippen LogP contribution in [0.25, 0.3) is 22.3 Å². The summed E-state index contributed by atoms with van der Waals surface area (Å²) in [4.78, 5) is 25.7. The van der Waals surface area contributed by atoms with Crippen molar-refractivity contribution in [3.8, 4) is 39.5 Å². The maximum Gasteiger partial charge on any atom is 0.314 e. The number of rotatable bonds is 12. The van der Waals surface area contributed by atoms with Gasteiger partial charge in [0.25, 0.3) is 0 Å². The molecular formula is C38H40O5. The molecule has 0 bridgehead atoms. The molecule has 0 heterocycles. The summed E-state index contributed by atoms with van der Waals surface area (Å²) >= 11 is 0. The van der Waals surface area contributed by atoms with E-state index in [0.717, 1.165) is 41.0 Å². The third-order valence-corrected chi connectivity index (χ3v) is 8.10. The number of esters is 2. The molecule has 1 fully saturated rings. The molecule has 222 valence electrons. The van der Waals surface area contributed by atoms with Gasteiger partial charge in [-0.1, -0.05) is 92.9 Å². The summed E-state index contributed by atoms with van der Waals surface area (Å²) in [5.74, 6) is 1.04. The number of unbranched alkanes of at least 4 members (excludes halogenated alkanes) is 3. The molecular weight excluding hydrogens is 536 g/mol. The van der Waals surface area contributed by atoms with Crippen LogP contribution >= 0.6 is 0 Å². The monoisotopic (exact) mass is 576 g/mol. The van der Waals surface area contributed by atoms with E-state index in [9.17, 15) is 9.59 Å². The zero-order chi connectivity index (χ0) is 29.9. The van der Waals surface area contributed by atoms with Crippen molar-refractivity contribution in [2.45, 2.75) is 58.3 Å². The summed E-state index contributed by atoms with van der Waals surface area (Å²) in [7, 11) is 0. The van der Waals surface area contributed by atoms with Crippen molar-refractivity contribution in [1.82, 2.24) is 0 Å². The number of hydrogen-bond donors (Lipinski definition) is 0. The smallest absolute Gasteiger partial charge is 0.314 e. The molecule has 1 aliphatic carbocycles. The molecule has 0 N–H and O–H groups in total. The van der Waals surface area contributed by atoms with Gasteiger partial charge in [0.15, 0.2) is 0 Å². The lowest BCUT2D eigenvalue weighted by atomic mass is 9.82. The lowest BCUT2D eigenvalue weighted by Gasteiger charge is -2.25. The van der Waals surface area contributed by atoms with Crippen molar-refractivity contribution < 1.29 is 23.8 Å². The van der Waals surface area contributed by atoms with Gasteiger partial charge < -0.3 is 14.2 Å². The van der Waals surface area contributed by atoms with E-state index in [4.69, 9.17) is 14.2 Å². The van der Waals surface area contributed by atoms with Crippen LogP contribution in [0.4, 0.5) is 0 Å². The highest BCUT2D eigenvalue weighted by molar-refractivity contribution is 5.78. The molecule has 0 aromatic heterocycles. The zero-order valence-electron chi connectivity index (χ0n) is 24.9. The van der Waals surface area contributed by atoms with E-state index >= 15 is 0 Å². The molecule has 0 aliphatic heterocycles. The maximum absolute atomic E-state index is 12.9. The third kappa shape index (κ3) is 8.57. The number of ether oxygens (including phenoxy) is 3. The van der Waals surface area contributed by atoms with E-state index in [1.54, 1.807) is 0 Å². The number of hydrogen-bond acceptors (Lipinski definition) is 5. The van der Waals surface area contributed by atoms with Gasteiger partial charge in [0.2, 0.25) is 0 Å². The summed E-state index contributed by atoms with van der Waals surface area (Å²) < 4.78 is 17.2. The first-order valence-corrected chi connectivity index (χ1v) is 15.5. The number of benzene rings is 4. The fraction of sp³-hybridized carbons (Fsp3) is 0.316. The van der Waals surface area contributed by atoms with Gasteiger partial charge in [-0.2, -0.15) is 0 Å². The van der Waals surface area contributed by atoms with E-state index in [1.807, 2.05) is 103 Å². The molecule has 0 saturated heterocycles. The van der Waals surface area contributed by atoms with Gasteiger partial charge in [0.1, 0.15) is 17.2 Å². The first kappa shape index (κ1) is 30.1. The van der Waals surface area contributed by atoms with Crippen LogP contribution in [0.3, 0.4) is 0 Å². The highest BCUT2D eigenvalue weighted by Crippen LogP contribution is 2.32. The van der Waals surface area contributed by atoms with Crippen molar-refractivity contribution in [3.05, 3.63) is 103 Å². The third-order valence-electron chi connectivity index (χ3n) is 8.10. The largest absolute Gasteiger partial charge is 0.494 e. The Labute approximate surface area is 254 Å². The summed E-state index contributed by atoms with van der Waals surface area (Å²) in [6.07, 6.45) is 7.18. The summed E-state index contributed by atoms with van der Waals surface area (Å²) in [6.45, 7) is 2.95. The minimum atomic E-state index is -0.239. The first-order valence-electron chi connectivity index (χ1n) is 15.5. The predicted octanol–water partition coefficient (Wildman–Crippen LogP) is 9.30. The minimum absolute atomic E-state index is 0.213. The molecule has 0 spiro atoms. The Morgan fingerprint density at radius 1 is 0.535 bits per heavy atom. The van der Waals surface area contributed by atoms with Crippen LogP contribution in [0.2, 0.25) is 0 Å². The topological polar surface area (TPSA) is 61.8 Å². The van der Waals surface area contributed by atoms with Crippen LogP contribution < -0.4 is 14.2 Å². The van der Waals surface area contributed by atoms with Gasteiger partial charge in [-0.15, -0.1) is 0 Å². The highest BCUT2D eigenvalue weighted by atomic mass is 16.5. The predicted molar refractivity (Wildman–Crippen MR) is 170 cm³/mol. The van der Waals surface area contributed by atoms with Gasteiger partial charge in [-0.3, -0.25) is 9.59 Å². The SMILES string of the molecule is CCCCCCOc1ccc(-c2ccc(OC(=O)C3CCC(C(=O)Oc4ccc(-c5ccccc5)cc4)CC3)cc2)cc1. The molecule has 0 unspecified atom stereocenters. The average molecular weight is 577 g/mol. The lowest BCUT2D eigenvalue weighted by molar-refractivity contribution is -0.145. The Hall–Kier alpha value is -4.38. The molecule has 1 saturated carbocycles. The lowest BCUT2D eigenvalue weighted by Crippen LogP contribution is -2.30. The van der Waals surface area contributed by atoms with E-state index in [0.29, 0.717) is 37.2 Å². The van der Waals surface area contributed by atoms with Gasteiger partial charge >= 0.3 is 11.9 Å². The van der Waals surface area contributed by atoms with Crippen molar-refractivity contribution in [2.75, 3.05) is 6.61 Å². The Kier molecular flexibility index (Phi) is 10.6. The summed E-state index contributed by atoms with van der Waals surface area (Å²) in [6, 6.07) is 33.3. The van der Waals surface area contributed by atoms with Crippen LogP contribution in [0.5, 0.6) is 17.2 Å². The molecule has 5 nitrogen and oxygen atoms in total. The van der Waals surface area contributed by atoms with Gasteiger partial charge in [0, 0.05) is 0 Å². The van der Waals surface area contributed by atoms with Crippen LogP contribution in [-0.4, -0.2) is 18.5 Å². The molecule has 4 aromatic rings. The standard InChI is InChI=1S/C38H40O5/c1-2-3-4-8-27-41-34-21-15-30(16-22-34)31-19-25-36(26-20-31)43-38(40)33-13-11-32(12-14-33)37(39)42-35-23-17-29(18-24-35)28-9-6-5-7-10-28/h5-7,9-10,15-26,32-33H,2-4,8,11-14,27H2,1H3. The number of carbonyl (C=O) groups excluding carboxylic acids is 2. The Morgan fingerprint density at radius 3 is 1.40 bits per heavy atom. The molecule has 43 heavy (non-hydrogen) atoms. The first-order chi connectivity index (χ1) is 21.1. The number of carbonyl (C=O) groups is 2. The van der Waals surface area contributed by atoms with Crippen molar-refractivity contribution in [3.63, 3.8) is 0 Å². The minimum Gasteiger partial charge on any atom is -0.494 e. The quantitative estimate of drug-likeness (QED) is 0.0955. The van der Waals surface area contributed by atoms with Gasteiger partial charge in [0.05, 0.1) is 18.4 Å². The van der Waals surface area contributed by atoms with Crippen molar-refractivity contribution in [2.24, 2.45) is 11.8 Å².